The minimum atomic E-state index is -0.860. The Kier molecular flexibility index (Phi) is 11.2. The number of nitrogens with zero attached hydrogens (tertiary/aromatic N) is 2. The molecular formula is C27H44N4O5. The number of nitrogens with two attached hydrogens (primary N) is 1. The van der Waals surface area contributed by atoms with Crippen molar-refractivity contribution in [2.24, 2.45) is 17.1 Å². The van der Waals surface area contributed by atoms with Crippen LogP contribution in [0.15, 0.2) is 24.3 Å². The molecule has 0 spiro atoms. The first-order valence-electron chi connectivity index (χ1n) is 13.0. The Labute approximate surface area is 215 Å². The average molecular weight is 505 g/mol. The Morgan fingerprint density at radius 2 is 1.92 bits per heavy atom. The van der Waals surface area contributed by atoms with E-state index in [0.29, 0.717) is 19.5 Å². The van der Waals surface area contributed by atoms with Gasteiger partial charge in [-0.1, -0.05) is 52.3 Å². The number of carbonyl (C=O) groups excluding carboxylic acids is 3. The summed E-state index contributed by atoms with van der Waals surface area (Å²) < 4.78 is 5.16. The first-order valence-corrected chi connectivity index (χ1v) is 13.0. The molecule has 0 fully saturated rings. The molecule has 1 aliphatic heterocycles. The van der Waals surface area contributed by atoms with Crippen molar-refractivity contribution in [1.82, 2.24) is 10.2 Å². The van der Waals surface area contributed by atoms with Crippen LogP contribution in [-0.4, -0.2) is 59.9 Å². The molecule has 0 saturated carbocycles. The lowest BCUT2D eigenvalue weighted by molar-refractivity contribution is -0.125. The molecule has 9 heteroatoms. The maximum absolute atomic E-state index is 13.4. The first kappa shape index (κ1) is 29.6. The molecule has 1 aliphatic rings. The molecule has 0 aliphatic carbocycles. The molecule has 1 heterocycles. The van der Waals surface area contributed by atoms with E-state index in [-0.39, 0.29) is 43.8 Å². The van der Waals surface area contributed by atoms with E-state index in [2.05, 4.69) is 12.2 Å². The van der Waals surface area contributed by atoms with E-state index in [1.807, 2.05) is 38.1 Å². The molecule has 3 atom stereocenters. The molecule has 36 heavy (non-hydrogen) atoms. The van der Waals surface area contributed by atoms with E-state index in [1.54, 1.807) is 18.7 Å². The zero-order chi connectivity index (χ0) is 26.9. The summed E-state index contributed by atoms with van der Waals surface area (Å²) in [5.41, 5.74) is 7.47. The second-order valence-corrected chi connectivity index (χ2v) is 10.5. The van der Waals surface area contributed by atoms with Gasteiger partial charge in [0.25, 0.3) is 0 Å². The Hall–Kier alpha value is -2.65. The van der Waals surface area contributed by atoms with Crippen LogP contribution in [-0.2, 0) is 20.9 Å². The van der Waals surface area contributed by atoms with Gasteiger partial charge in [0.15, 0.2) is 0 Å². The monoisotopic (exact) mass is 504 g/mol. The van der Waals surface area contributed by atoms with Crippen molar-refractivity contribution in [2.75, 3.05) is 24.7 Å². The van der Waals surface area contributed by atoms with E-state index < -0.39 is 23.7 Å². The van der Waals surface area contributed by atoms with Crippen molar-refractivity contribution >= 4 is 23.6 Å². The van der Waals surface area contributed by atoms with Gasteiger partial charge >= 0.3 is 6.09 Å². The highest BCUT2D eigenvalue weighted by atomic mass is 16.6. The van der Waals surface area contributed by atoms with Gasteiger partial charge < -0.3 is 20.9 Å². The van der Waals surface area contributed by atoms with Gasteiger partial charge in [-0.15, -0.1) is 0 Å². The third kappa shape index (κ3) is 8.48. The van der Waals surface area contributed by atoms with Crippen molar-refractivity contribution in [3.05, 3.63) is 29.8 Å². The molecule has 9 nitrogen and oxygen atoms in total. The predicted molar refractivity (Wildman–Crippen MR) is 140 cm³/mol. The summed E-state index contributed by atoms with van der Waals surface area (Å²) in [6.07, 6.45) is 1.45. The topological polar surface area (TPSA) is 125 Å². The number of carbonyl (C=O) groups is 3. The fraction of sp³-hybridized carbons (Fsp3) is 0.667. The fourth-order valence-electron chi connectivity index (χ4n) is 4.52. The lowest BCUT2D eigenvalue weighted by atomic mass is 9.80. The summed E-state index contributed by atoms with van der Waals surface area (Å²) >= 11 is 0. The first-order chi connectivity index (χ1) is 17.0. The number of nitrogens with one attached hydrogen (secondary N) is 1. The number of aliphatic hydroxyl groups excluding tert-OH is 1. The van der Waals surface area contributed by atoms with Gasteiger partial charge in [-0.25, -0.2) is 4.79 Å². The van der Waals surface area contributed by atoms with Crippen LogP contribution >= 0.6 is 0 Å². The van der Waals surface area contributed by atoms with Crippen molar-refractivity contribution in [2.45, 2.75) is 85.4 Å². The van der Waals surface area contributed by atoms with Crippen LogP contribution in [0.5, 0.6) is 0 Å². The summed E-state index contributed by atoms with van der Waals surface area (Å²) in [7, 11) is 0. The third-order valence-electron chi connectivity index (χ3n) is 6.57. The van der Waals surface area contributed by atoms with E-state index in [4.69, 9.17) is 10.5 Å². The molecule has 0 radical (unpaired) electrons. The quantitative estimate of drug-likeness (QED) is 0.375. The zero-order valence-corrected chi connectivity index (χ0v) is 22.5. The largest absolute Gasteiger partial charge is 0.450 e. The maximum atomic E-state index is 13.4. The van der Waals surface area contributed by atoms with Gasteiger partial charge in [0.2, 0.25) is 11.8 Å². The Morgan fingerprint density at radius 1 is 1.22 bits per heavy atom. The number of benzene rings is 1. The molecule has 0 bridgehead atoms. The molecule has 3 amide bonds. The van der Waals surface area contributed by atoms with Crippen LogP contribution in [0.25, 0.3) is 0 Å². The predicted octanol–water partition coefficient (Wildman–Crippen LogP) is 3.39. The van der Waals surface area contributed by atoms with Crippen LogP contribution in [0.1, 0.15) is 72.3 Å². The summed E-state index contributed by atoms with van der Waals surface area (Å²) in [6.45, 7) is 10.9. The summed E-state index contributed by atoms with van der Waals surface area (Å²) in [5, 5.41) is 13.6. The van der Waals surface area contributed by atoms with E-state index in [1.165, 1.54) is 4.90 Å². The van der Waals surface area contributed by atoms with Gasteiger partial charge in [-0.05, 0) is 43.2 Å². The number of anilines is 1. The normalized spacial score (nSPS) is 16.1. The smallest absolute Gasteiger partial charge is 0.411 e. The summed E-state index contributed by atoms with van der Waals surface area (Å²) in [6, 6.07) is 6.95. The van der Waals surface area contributed by atoms with Crippen molar-refractivity contribution in [3.8, 4) is 0 Å². The number of amides is 3. The molecule has 202 valence electrons. The molecule has 1 aromatic rings. The van der Waals surface area contributed by atoms with Gasteiger partial charge in [-0.2, -0.15) is 0 Å². The number of fused-ring (bicyclic) bond motifs is 1. The molecule has 1 aromatic carbocycles. The standard InChI is InChI=1S/C27H44N4O5/c1-6-8-13-29-25(34)19(3)14-23(32)21(28)15-27(4,5)16-24(33)31-18-30(26(35)36-7-2)17-20-11-9-10-12-22(20)31/h9-12,19,21,23,32H,6-8,13-18,28H2,1-5H3,(H,29,34)/t19-,21+,23+/m1/s1. The lowest BCUT2D eigenvalue weighted by Gasteiger charge is -2.38. The molecule has 2 rings (SSSR count). The Bertz CT molecular complexity index is 891. The third-order valence-corrected chi connectivity index (χ3v) is 6.57. The molecule has 4 N–H and O–H groups in total. The molecule has 0 saturated heterocycles. The molecular weight excluding hydrogens is 460 g/mol. The van der Waals surface area contributed by atoms with Gasteiger partial charge in [0.05, 0.1) is 24.9 Å². The SMILES string of the molecule is CCCCNC(=O)[C@H](C)C[C@H](O)[C@@H](N)CC(C)(C)CC(=O)N1CN(C(=O)OCC)Cc2ccccc21. The van der Waals surface area contributed by atoms with E-state index in [0.717, 1.165) is 24.1 Å². The number of ether oxygens (including phenoxy) is 1. The average Bonchev–Trinajstić information content (AvgIpc) is 2.82. The Morgan fingerprint density at radius 3 is 2.58 bits per heavy atom. The van der Waals surface area contributed by atoms with Crippen LogP contribution < -0.4 is 16.0 Å². The van der Waals surface area contributed by atoms with Gasteiger partial charge in [0.1, 0.15) is 6.67 Å². The van der Waals surface area contributed by atoms with Crippen molar-refractivity contribution in [3.63, 3.8) is 0 Å². The number of rotatable bonds is 12. The number of unbranched alkanes of at least 4 members (excludes halogenated alkanes) is 1. The van der Waals surface area contributed by atoms with E-state index >= 15 is 0 Å². The second kappa shape index (κ2) is 13.6. The second-order valence-electron chi connectivity index (χ2n) is 10.5. The maximum Gasteiger partial charge on any atom is 0.411 e. The number of hydrogen-bond acceptors (Lipinski definition) is 6. The van der Waals surface area contributed by atoms with Crippen LogP contribution in [0.4, 0.5) is 10.5 Å². The fourth-order valence-corrected chi connectivity index (χ4v) is 4.52. The minimum absolute atomic E-state index is 0.0842. The summed E-state index contributed by atoms with van der Waals surface area (Å²) in [5.74, 6) is -0.572. The molecule has 0 unspecified atom stereocenters. The summed E-state index contributed by atoms with van der Waals surface area (Å²) in [4.78, 5) is 41.2. The van der Waals surface area contributed by atoms with Crippen molar-refractivity contribution < 1.29 is 24.2 Å². The highest BCUT2D eigenvalue weighted by molar-refractivity contribution is 5.95. The van der Waals surface area contributed by atoms with Crippen LogP contribution in [0.3, 0.4) is 0 Å². The van der Waals surface area contributed by atoms with Crippen LogP contribution in [0.2, 0.25) is 0 Å². The van der Waals surface area contributed by atoms with Gasteiger partial charge in [0, 0.05) is 24.9 Å². The van der Waals surface area contributed by atoms with E-state index in [9.17, 15) is 19.5 Å². The Balaban J connectivity index is 2.00. The van der Waals surface area contributed by atoms with Crippen molar-refractivity contribution in [1.29, 1.82) is 0 Å². The number of para-hydroxylation sites is 1. The number of hydrogen-bond donors (Lipinski definition) is 3. The number of aliphatic hydroxyl groups is 1. The lowest BCUT2D eigenvalue weighted by Crippen LogP contribution is -2.49. The zero-order valence-electron chi connectivity index (χ0n) is 22.5. The highest BCUT2D eigenvalue weighted by Gasteiger charge is 2.35. The molecule has 0 aromatic heterocycles. The van der Waals surface area contributed by atoms with Crippen LogP contribution in [0, 0.1) is 11.3 Å². The minimum Gasteiger partial charge on any atom is -0.450 e. The highest BCUT2D eigenvalue weighted by Crippen LogP contribution is 2.33. The van der Waals surface area contributed by atoms with Gasteiger partial charge in [-0.3, -0.25) is 19.4 Å².